The van der Waals surface area contributed by atoms with E-state index in [1.165, 1.54) is 11.8 Å². The number of amides is 1. The summed E-state index contributed by atoms with van der Waals surface area (Å²) in [6.45, 7) is 1.13. The Morgan fingerprint density at radius 1 is 1.26 bits per heavy atom. The quantitative estimate of drug-likeness (QED) is 0.258. The summed E-state index contributed by atoms with van der Waals surface area (Å²) in [6, 6.07) is 0. The molecule has 0 fully saturated rings. The highest BCUT2D eigenvalue weighted by atomic mass is 32.2. The van der Waals surface area contributed by atoms with Gasteiger partial charge in [-0.1, -0.05) is 0 Å². The van der Waals surface area contributed by atoms with E-state index in [0.717, 1.165) is 0 Å². The van der Waals surface area contributed by atoms with E-state index in [1.807, 2.05) is 6.26 Å². The number of ether oxygens (including phenoxy) is 2. The molecule has 0 saturated heterocycles. The number of rotatable bonds is 11. The first-order chi connectivity index (χ1) is 9.06. The van der Waals surface area contributed by atoms with Crippen LogP contribution in [0.15, 0.2) is 0 Å². The first kappa shape index (κ1) is 18.2. The van der Waals surface area contributed by atoms with E-state index in [1.54, 1.807) is 0 Å². The van der Waals surface area contributed by atoms with Crippen molar-refractivity contribution in [3.63, 3.8) is 0 Å². The SMILES string of the molecule is CSCC(=O)NCCOCCOC(=O)CCC(O)O. The van der Waals surface area contributed by atoms with Crippen LogP contribution in [-0.2, 0) is 19.1 Å². The Morgan fingerprint density at radius 2 is 2.00 bits per heavy atom. The second-order valence-electron chi connectivity index (χ2n) is 3.64. The number of carbonyl (C=O) groups excluding carboxylic acids is 2. The van der Waals surface area contributed by atoms with Crippen molar-refractivity contribution in [3.05, 3.63) is 0 Å². The van der Waals surface area contributed by atoms with Crippen LogP contribution >= 0.6 is 11.8 Å². The van der Waals surface area contributed by atoms with Crippen molar-refractivity contribution < 1.29 is 29.3 Å². The molecule has 0 spiro atoms. The van der Waals surface area contributed by atoms with Crippen LogP contribution in [0.1, 0.15) is 12.8 Å². The maximum atomic E-state index is 11.1. The number of hydrogen-bond donors (Lipinski definition) is 3. The van der Waals surface area contributed by atoms with Crippen LogP contribution < -0.4 is 5.32 Å². The zero-order valence-electron chi connectivity index (χ0n) is 11.0. The van der Waals surface area contributed by atoms with Crippen molar-refractivity contribution in [1.82, 2.24) is 5.32 Å². The standard InChI is InChI=1S/C11H21NO6S/c1-19-8-9(13)12-4-5-17-6-7-18-11(16)3-2-10(14)15/h10,14-15H,2-8H2,1H3,(H,12,13). The molecule has 0 aromatic carbocycles. The molecule has 112 valence electrons. The average Bonchev–Trinajstić information content (AvgIpc) is 2.35. The van der Waals surface area contributed by atoms with Crippen molar-refractivity contribution in [2.24, 2.45) is 0 Å². The van der Waals surface area contributed by atoms with Gasteiger partial charge in [0, 0.05) is 13.0 Å². The normalized spacial score (nSPS) is 10.5. The lowest BCUT2D eigenvalue weighted by Gasteiger charge is -2.07. The van der Waals surface area contributed by atoms with Crippen molar-refractivity contribution in [1.29, 1.82) is 0 Å². The van der Waals surface area contributed by atoms with Gasteiger partial charge in [0.2, 0.25) is 5.91 Å². The van der Waals surface area contributed by atoms with E-state index in [0.29, 0.717) is 18.9 Å². The van der Waals surface area contributed by atoms with Crippen LogP contribution in [0.5, 0.6) is 0 Å². The molecule has 0 aliphatic rings. The highest BCUT2D eigenvalue weighted by Crippen LogP contribution is 1.96. The largest absolute Gasteiger partial charge is 0.463 e. The summed E-state index contributed by atoms with van der Waals surface area (Å²) in [7, 11) is 0. The van der Waals surface area contributed by atoms with Crippen LogP contribution in [0.25, 0.3) is 0 Å². The third-order valence-electron chi connectivity index (χ3n) is 1.94. The van der Waals surface area contributed by atoms with Crippen LogP contribution in [0, 0.1) is 0 Å². The second-order valence-corrected chi connectivity index (χ2v) is 4.50. The molecule has 0 rings (SSSR count). The van der Waals surface area contributed by atoms with Crippen LogP contribution in [0.2, 0.25) is 0 Å². The van der Waals surface area contributed by atoms with E-state index < -0.39 is 12.3 Å². The molecule has 1 amide bonds. The fourth-order valence-corrected chi connectivity index (χ4v) is 1.44. The van der Waals surface area contributed by atoms with Gasteiger partial charge in [0.05, 0.1) is 25.4 Å². The minimum Gasteiger partial charge on any atom is -0.463 e. The van der Waals surface area contributed by atoms with Gasteiger partial charge in [-0.3, -0.25) is 9.59 Å². The van der Waals surface area contributed by atoms with Gasteiger partial charge in [0.25, 0.3) is 0 Å². The van der Waals surface area contributed by atoms with Gasteiger partial charge in [-0.25, -0.2) is 0 Å². The van der Waals surface area contributed by atoms with Crippen LogP contribution in [0.3, 0.4) is 0 Å². The molecule has 19 heavy (non-hydrogen) atoms. The zero-order valence-corrected chi connectivity index (χ0v) is 11.8. The Labute approximate surface area is 116 Å². The summed E-state index contributed by atoms with van der Waals surface area (Å²) >= 11 is 1.45. The third kappa shape index (κ3) is 13.4. The smallest absolute Gasteiger partial charge is 0.306 e. The van der Waals surface area contributed by atoms with E-state index in [-0.39, 0.29) is 32.0 Å². The Bertz CT molecular complexity index is 262. The molecule has 0 bridgehead atoms. The summed E-state index contributed by atoms with van der Waals surface area (Å²) in [5.41, 5.74) is 0. The Morgan fingerprint density at radius 3 is 2.63 bits per heavy atom. The number of nitrogens with one attached hydrogen (secondary N) is 1. The van der Waals surface area contributed by atoms with Gasteiger partial charge >= 0.3 is 5.97 Å². The molecule has 7 nitrogen and oxygen atoms in total. The zero-order chi connectivity index (χ0) is 14.5. The van der Waals surface area contributed by atoms with Crippen LogP contribution in [0.4, 0.5) is 0 Å². The van der Waals surface area contributed by atoms with Gasteiger partial charge in [0.1, 0.15) is 6.61 Å². The second kappa shape index (κ2) is 12.2. The number of aliphatic hydroxyl groups is 2. The van der Waals surface area contributed by atoms with Gasteiger partial charge in [-0.05, 0) is 6.26 Å². The molecule has 3 N–H and O–H groups in total. The Balaban J connectivity index is 3.26. The molecule has 0 aliphatic heterocycles. The molecular formula is C11H21NO6S. The van der Waals surface area contributed by atoms with E-state index in [9.17, 15) is 9.59 Å². The van der Waals surface area contributed by atoms with E-state index >= 15 is 0 Å². The average molecular weight is 295 g/mol. The highest BCUT2D eigenvalue weighted by Gasteiger charge is 2.06. The van der Waals surface area contributed by atoms with Crippen LogP contribution in [-0.4, -0.2) is 66.8 Å². The predicted molar refractivity (Wildman–Crippen MR) is 70.6 cm³/mol. The molecule has 0 radical (unpaired) electrons. The molecule has 0 saturated carbocycles. The summed E-state index contributed by atoms with van der Waals surface area (Å²) < 4.78 is 9.92. The van der Waals surface area contributed by atoms with E-state index in [4.69, 9.17) is 19.7 Å². The summed E-state index contributed by atoms with van der Waals surface area (Å²) in [4.78, 5) is 22.1. The molecule has 0 aromatic rings. The number of aliphatic hydroxyl groups excluding tert-OH is 1. The van der Waals surface area contributed by atoms with Gasteiger partial charge in [0.15, 0.2) is 6.29 Å². The van der Waals surface area contributed by atoms with Gasteiger partial charge in [-0.15, -0.1) is 0 Å². The topological polar surface area (TPSA) is 105 Å². The predicted octanol–water partition coefficient (Wildman–Crippen LogP) is -0.884. The van der Waals surface area contributed by atoms with Gasteiger partial charge < -0.3 is 25.0 Å². The number of carbonyl (C=O) groups is 2. The summed E-state index contributed by atoms with van der Waals surface area (Å²) in [5.74, 6) is -0.107. The first-order valence-corrected chi connectivity index (χ1v) is 7.30. The monoisotopic (exact) mass is 295 g/mol. The maximum Gasteiger partial charge on any atom is 0.306 e. The van der Waals surface area contributed by atoms with Gasteiger partial charge in [-0.2, -0.15) is 11.8 Å². The lowest BCUT2D eigenvalue weighted by atomic mass is 10.3. The Kier molecular flexibility index (Phi) is 11.7. The molecule has 8 heteroatoms. The first-order valence-electron chi connectivity index (χ1n) is 5.91. The fraction of sp³-hybridized carbons (Fsp3) is 0.818. The minimum absolute atomic E-state index is 0.0370. The number of hydrogen-bond acceptors (Lipinski definition) is 7. The summed E-state index contributed by atoms with van der Waals surface area (Å²) in [5, 5.41) is 19.7. The molecule has 0 aromatic heterocycles. The third-order valence-corrected chi connectivity index (χ3v) is 2.49. The van der Waals surface area contributed by atoms with E-state index in [2.05, 4.69) is 5.32 Å². The van der Waals surface area contributed by atoms with Crippen molar-refractivity contribution >= 4 is 23.6 Å². The maximum absolute atomic E-state index is 11.1. The Hall–Kier alpha value is -0.830. The number of thioether (sulfide) groups is 1. The molecule has 0 aliphatic carbocycles. The fourth-order valence-electron chi connectivity index (χ4n) is 1.08. The number of esters is 1. The van der Waals surface area contributed by atoms with Crippen molar-refractivity contribution in [2.45, 2.75) is 19.1 Å². The lowest BCUT2D eigenvalue weighted by molar-refractivity contribution is -0.147. The molecular weight excluding hydrogens is 274 g/mol. The molecule has 0 atom stereocenters. The lowest BCUT2D eigenvalue weighted by Crippen LogP contribution is -2.29. The molecule has 0 unspecified atom stereocenters. The highest BCUT2D eigenvalue weighted by molar-refractivity contribution is 7.99. The summed E-state index contributed by atoms with van der Waals surface area (Å²) in [6.07, 6.45) is 0.276. The minimum atomic E-state index is -1.49. The molecule has 0 heterocycles. The van der Waals surface area contributed by atoms with Crippen molar-refractivity contribution in [3.8, 4) is 0 Å². The van der Waals surface area contributed by atoms with Crippen molar-refractivity contribution in [2.75, 3.05) is 38.4 Å².